The van der Waals surface area contributed by atoms with Crippen molar-refractivity contribution in [2.75, 3.05) is 19.0 Å². The first kappa shape index (κ1) is 30.0. The van der Waals surface area contributed by atoms with E-state index in [1.165, 1.54) is 31.4 Å². The van der Waals surface area contributed by atoms with Crippen LogP contribution in [0.1, 0.15) is 11.1 Å². The monoisotopic (exact) mass is 609 g/mol. The maximum absolute atomic E-state index is 13.8. The van der Waals surface area contributed by atoms with Crippen LogP contribution < -0.4 is 14.8 Å². The highest BCUT2D eigenvalue weighted by molar-refractivity contribution is 8.18. The fourth-order valence-electron chi connectivity index (χ4n) is 3.61. The lowest BCUT2D eigenvalue weighted by Crippen LogP contribution is -2.36. The zero-order valence-corrected chi connectivity index (χ0v) is 21.8. The lowest BCUT2D eigenvalue weighted by atomic mass is 10.1. The molecule has 3 aromatic carbocycles. The first-order valence-electron chi connectivity index (χ1n) is 11.5. The Kier molecular flexibility index (Phi) is 8.46. The molecule has 3 aromatic rings. The first-order chi connectivity index (χ1) is 19.8. The number of benzene rings is 3. The van der Waals surface area contributed by atoms with Crippen molar-refractivity contribution in [2.45, 2.75) is 6.18 Å². The summed E-state index contributed by atoms with van der Waals surface area (Å²) in [6, 6.07) is 8.19. The van der Waals surface area contributed by atoms with Gasteiger partial charge in [-0.05, 0) is 59.8 Å². The van der Waals surface area contributed by atoms with E-state index < -0.39 is 63.3 Å². The third kappa shape index (κ3) is 6.65. The summed E-state index contributed by atoms with van der Waals surface area (Å²) < 4.78 is 76.5. The maximum Gasteiger partial charge on any atom is 0.416 e. The van der Waals surface area contributed by atoms with Crippen LogP contribution in [0.4, 0.5) is 38.1 Å². The van der Waals surface area contributed by atoms with Crippen molar-refractivity contribution in [3.8, 4) is 17.2 Å². The molecule has 0 aromatic heterocycles. The van der Waals surface area contributed by atoms with E-state index in [2.05, 4.69) is 5.32 Å². The van der Waals surface area contributed by atoms with Crippen LogP contribution in [-0.2, 0) is 15.8 Å². The standard InChI is InChI=1S/C26H16F5N3O7S/c1-40-21-8-13(2-6-20(21)41-19-7-3-14(26(29,30)31)10-18(19)34(38)39)9-22-24(36)33(25(37)42-22)12-23(35)32-17-5-4-15(27)11-16(17)28/h2-11H,12H2,1H3,(H,32,35)/b22-9+. The molecule has 10 nitrogen and oxygen atoms in total. The van der Waals surface area contributed by atoms with E-state index in [-0.39, 0.29) is 22.1 Å². The molecule has 4 rings (SSSR count). The number of rotatable bonds is 8. The van der Waals surface area contributed by atoms with Gasteiger partial charge in [-0.2, -0.15) is 13.2 Å². The summed E-state index contributed by atoms with van der Waals surface area (Å²) in [4.78, 5) is 48.3. The number of ether oxygens (including phenoxy) is 2. The van der Waals surface area contributed by atoms with Gasteiger partial charge in [0.2, 0.25) is 11.7 Å². The van der Waals surface area contributed by atoms with E-state index in [1.54, 1.807) is 0 Å². The number of halogens is 5. The number of methoxy groups -OCH3 is 1. The van der Waals surface area contributed by atoms with Gasteiger partial charge < -0.3 is 14.8 Å². The van der Waals surface area contributed by atoms with Gasteiger partial charge in [0.15, 0.2) is 11.5 Å². The van der Waals surface area contributed by atoms with Crippen molar-refractivity contribution in [1.29, 1.82) is 0 Å². The van der Waals surface area contributed by atoms with Gasteiger partial charge in [0.1, 0.15) is 18.2 Å². The van der Waals surface area contributed by atoms with Crippen molar-refractivity contribution >= 4 is 46.3 Å². The molecule has 0 bridgehead atoms. The van der Waals surface area contributed by atoms with Crippen LogP contribution in [0.5, 0.6) is 17.2 Å². The minimum Gasteiger partial charge on any atom is -0.493 e. The number of amides is 3. The van der Waals surface area contributed by atoms with Crippen LogP contribution in [0.15, 0.2) is 59.5 Å². The lowest BCUT2D eigenvalue weighted by molar-refractivity contribution is -0.385. The predicted molar refractivity (Wildman–Crippen MR) is 139 cm³/mol. The van der Waals surface area contributed by atoms with E-state index in [0.717, 1.165) is 18.2 Å². The fraction of sp³-hybridized carbons (Fsp3) is 0.115. The van der Waals surface area contributed by atoms with E-state index in [4.69, 9.17) is 9.47 Å². The molecule has 1 saturated heterocycles. The molecule has 42 heavy (non-hydrogen) atoms. The van der Waals surface area contributed by atoms with Crippen LogP contribution in [-0.4, -0.2) is 40.5 Å². The third-order valence-electron chi connectivity index (χ3n) is 5.57. The molecular weight excluding hydrogens is 593 g/mol. The zero-order valence-electron chi connectivity index (χ0n) is 21.0. The summed E-state index contributed by atoms with van der Waals surface area (Å²) in [5.74, 6) is -4.26. The molecule has 0 radical (unpaired) electrons. The Hall–Kier alpha value is -4.99. The van der Waals surface area contributed by atoms with Gasteiger partial charge in [0, 0.05) is 12.1 Å². The normalized spacial score (nSPS) is 14.3. The smallest absolute Gasteiger partial charge is 0.416 e. The summed E-state index contributed by atoms with van der Waals surface area (Å²) in [7, 11) is 1.23. The summed E-state index contributed by atoms with van der Waals surface area (Å²) in [6.45, 7) is -0.749. The molecule has 0 unspecified atom stereocenters. The largest absolute Gasteiger partial charge is 0.493 e. The highest BCUT2D eigenvalue weighted by atomic mass is 32.2. The number of nitro groups is 1. The maximum atomic E-state index is 13.8. The number of hydrogen-bond donors (Lipinski definition) is 1. The fourth-order valence-corrected chi connectivity index (χ4v) is 4.45. The van der Waals surface area contributed by atoms with Gasteiger partial charge in [0.05, 0.1) is 28.2 Å². The van der Waals surface area contributed by atoms with Gasteiger partial charge in [-0.3, -0.25) is 29.4 Å². The number of imide groups is 1. The molecule has 1 aliphatic heterocycles. The number of thioether (sulfide) groups is 1. The number of anilines is 1. The summed E-state index contributed by atoms with van der Waals surface area (Å²) in [5.41, 5.74) is -2.22. The predicted octanol–water partition coefficient (Wildman–Crippen LogP) is 6.37. The van der Waals surface area contributed by atoms with E-state index in [1.807, 2.05) is 0 Å². The number of nitrogens with one attached hydrogen (secondary N) is 1. The molecule has 218 valence electrons. The molecule has 0 saturated carbocycles. The van der Waals surface area contributed by atoms with Crippen LogP contribution in [0, 0.1) is 21.7 Å². The Balaban J connectivity index is 1.51. The number of nitrogens with zero attached hydrogens (tertiary/aromatic N) is 2. The van der Waals surface area contributed by atoms with Crippen LogP contribution >= 0.6 is 11.8 Å². The lowest BCUT2D eigenvalue weighted by Gasteiger charge is -2.13. The van der Waals surface area contributed by atoms with Crippen LogP contribution in [0.3, 0.4) is 0 Å². The molecular formula is C26H16F5N3O7S. The van der Waals surface area contributed by atoms with E-state index >= 15 is 0 Å². The molecule has 0 atom stereocenters. The van der Waals surface area contributed by atoms with Crippen molar-refractivity contribution in [3.05, 3.63) is 92.4 Å². The summed E-state index contributed by atoms with van der Waals surface area (Å²) >= 11 is 0.515. The van der Waals surface area contributed by atoms with Gasteiger partial charge in [-0.15, -0.1) is 0 Å². The molecule has 3 amide bonds. The summed E-state index contributed by atoms with van der Waals surface area (Å²) in [6.07, 6.45) is -3.53. The highest BCUT2D eigenvalue weighted by Gasteiger charge is 2.37. The topological polar surface area (TPSA) is 128 Å². The average molecular weight is 609 g/mol. The number of alkyl halides is 3. The van der Waals surface area contributed by atoms with Crippen LogP contribution in [0.2, 0.25) is 0 Å². The van der Waals surface area contributed by atoms with Crippen molar-refractivity contribution in [1.82, 2.24) is 4.90 Å². The second kappa shape index (κ2) is 11.9. The Bertz CT molecular complexity index is 1640. The Morgan fingerprint density at radius 3 is 2.40 bits per heavy atom. The third-order valence-corrected chi connectivity index (χ3v) is 6.48. The number of carbonyl (C=O) groups excluding carboxylic acids is 3. The SMILES string of the molecule is COc1cc(/C=C2/SC(=O)N(CC(=O)Nc3ccc(F)cc3F)C2=O)ccc1Oc1ccc(C(F)(F)F)cc1[N+](=O)[O-]. The van der Waals surface area contributed by atoms with E-state index in [0.29, 0.717) is 40.4 Å². The molecule has 0 aliphatic carbocycles. The van der Waals surface area contributed by atoms with Crippen molar-refractivity contribution in [2.24, 2.45) is 0 Å². The van der Waals surface area contributed by atoms with Crippen molar-refractivity contribution < 1.29 is 50.7 Å². The Morgan fingerprint density at radius 1 is 1.05 bits per heavy atom. The molecule has 1 heterocycles. The molecule has 1 aliphatic rings. The minimum atomic E-state index is -4.81. The van der Waals surface area contributed by atoms with Gasteiger partial charge in [0.25, 0.3) is 11.1 Å². The second-order valence-electron chi connectivity index (χ2n) is 8.39. The zero-order chi connectivity index (χ0) is 30.8. The quantitative estimate of drug-likeness (QED) is 0.135. The first-order valence-corrected chi connectivity index (χ1v) is 12.3. The minimum absolute atomic E-state index is 0.0159. The van der Waals surface area contributed by atoms with Gasteiger partial charge >= 0.3 is 11.9 Å². The molecule has 1 fully saturated rings. The molecule has 0 spiro atoms. The number of nitro benzene ring substituents is 1. The molecule has 16 heteroatoms. The van der Waals surface area contributed by atoms with Gasteiger partial charge in [-0.25, -0.2) is 8.78 Å². The highest BCUT2D eigenvalue weighted by Crippen LogP contribution is 2.41. The Morgan fingerprint density at radius 2 is 1.76 bits per heavy atom. The number of carbonyl (C=O) groups is 3. The summed E-state index contributed by atoms with van der Waals surface area (Å²) in [5, 5.41) is 12.7. The Labute approximate surface area is 236 Å². The average Bonchev–Trinajstić information content (AvgIpc) is 3.17. The van der Waals surface area contributed by atoms with Crippen LogP contribution in [0.25, 0.3) is 6.08 Å². The van der Waals surface area contributed by atoms with Gasteiger partial charge in [-0.1, -0.05) is 6.07 Å². The second-order valence-corrected chi connectivity index (χ2v) is 9.38. The number of hydrogen-bond acceptors (Lipinski definition) is 8. The molecule has 1 N–H and O–H groups in total. The van der Waals surface area contributed by atoms with E-state index in [9.17, 15) is 46.5 Å². The van der Waals surface area contributed by atoms with Crippen molar-refractivity contribution in [3.63, 3.8) is 0 Å².